The van der Waals surface area contributed by atoms with Gasteiger partial charge in [-0.1, -0.05) is 13.3 Å². The van der Waals surface area contributed by atoms with Crippen LogP contribution in [0.15, 0.2) is 5.38 Å². The van der Waals surface area contributed by atoms with Crippen molar-refractivity contribution in [3.05, 3.63) is 16.1 Å². The van der Waals surface area contributed by atoms with Gasteiger partial charge in [0.25, 0.3) is 0 Å². The van der Waals surface area contributed by atoms with Crippen LogP contribution in [0.1, 0.15) is 44.3 Å². The predicted octanol–water partition coefficient (Wildman–Crippen LogP) is 2.80. The standard InChI is InChI=1S/C14H25N3S/c1-5-6-12-7-17(14(3,4)10-15-12)8-13-9-18-11(2)16-13/h9,12,15H,5-8,10H2,1-4H3. The summed E-state index contributed by atoms with van der Waals surface area (Å²) in [7, 11) is 0. The van der Waals surface area contributed by atoms with Gasteiger partial charge in [-0.3, -0.25) is 4.90 Å². The lowest BCUT2D eigenvalue weighted by molar-refractivity contribution is 0.0554. The van der Waals surface area contributed by atoms with Crippen molar-refractivity contribution < 1.29 is 0 Å². The van der Waals surface area contributed by atoms with Gasteiger partial charge in [-0.2, -0.15) is 0 Å². The van der Waals surface area contributed by atoms with Crippen molar-refractivity contribution >= 4 is 11.3 Å². The summed E-state index contributed by atoms with van der Waals surface area (Å²) >= 11 is 1.75. The number of aryl methyl sites for hydroxylation is 1. The molecule has 2 rings (SSSR count). The summed E-state index contributed by atoms with van der Waals surface area (Å²) in [6, 6.07) is 0.641. The van der Waals surface area contributed by atoms with E-state index in [1.54, 1.807) is 11.3 Å². The maximum absolute atomic E-state index is 4.60. The van der Waals surface area contributed by atoms with E-state index in [1.807, 2.05) is 0 Å². The van der Waals surface area contributed by atoms with E-state index in [0.717, 1.165) is 19.6 Å². The van der Waals surface area contributed by atoms with Gasteiger partial charge in [-0.05, 0) is 27.2 Å². The molecule has 1 N–H and O–H groups in total. The first-order valence-electron chi connectivity index (χ1n) is 6.90. The van der Waals surface area contributed by atoms with Crippen molar-refractivity contribution in [3.63, 3.8) is 0 Å². The van der Waals surface area contributed by atoms with Crippen LogP contribution in [0.2, 0.25) is 0 Å². The Morgan fingerprint density at radius 1 is 1.56 bits per heavy atom. The fourth-order valence-corrected chi connectivity index (χ4v) is 3.18. The molecular weight excluding hydrogens is 242 g/mol. The highest BCUT2D eigenvalue weighted by Gasteiger charge is 2.33. The molecule has 0 aliphatic carbocycles. The van der Waals surface area contributed by atoms with Gasteiger partial charge in [0.2, 0.25) is 0 Å². The predicted molar refractivity (Wildman–Crippen MR) is 78.0 cm³/mol. The molecule has 1 saturated heterocycles. The second-order valence-electron chi connectivity index (χ2n) is 5.92. The van der Waals surface area contributed by atoms with Crippen molar-refractivity contribution in [2.75, 3.05) is 13.1 Å². The Labute approximate surface area is 115 Å². The first-order valence-corrected chi connectivity index (χ1v) is 7.78. The van der Waals surface area contributed by atoms with E-state index in [-0.39, 0.29) is 5.54 Å². The molecule has 0 amide bonds. The van der Waals surface area contributed by atoms with Gasteiger partial charge in [0.1, 0.15) is 0 Å². The zero-order valence-electron chi connectivity index (χ0n) is 12.0. The Balaban J connectivity index is 2.02. The number of nitrogens with one attached hydrogen (secondary N) is 1. The third-order valence-electron chi connectivity index (χ3n) is 3.78. The van der Waals surface area contributed by atoms with Crippen molar-refractivity contribution in [1.82, 2.24) is 15.2 Å². The third kappa shape index (κ3) is 3.31. The molecule has 1 fully saturated rings. The molecule has 102 valence electrons. The summed E-state index contributed by atoms with van der Waals surface area (Å²) in [6.45, 7) is 12.2. The summed E-state index contributed by atoms with van der Waals surface area (Å²) in [5.74, 6) is 0. The van der Waals surface area contributed by atoms with Gasteiger partial charge in [0, 0.05) is 36.6 Å². The van der Waals surface area contributed by atoms with Crippen molar-refractivity contribution in [2.24, 2.45) is 0 Å². The number of hydrogen-bond acceptors (Lipinski definition) is 4. The molecule has 1 aromatic rings. The summed E-state index contributed by atoms with van der Waals surface area (Å²) in [5.41, 5.74) is 1.45. The van der Waals surface area contributed by atoms with E-state index in [1.165, 1.54) is 23.5 Å². The largest absolute Gasteiger partial charge is 0.311 e. The molecule has 1 aliphatic heterocycles. The van der Waals surface area contributed by atoms with Gasteiger partial charge in [-0.15, -0.1) is 11.3 Å². The van der Waals surface area contributed by atoms with Crippen molar-refractivity contribution in [2.45, 2.75) is 58.7 Å². The van der Waals surface area contributed by atoms with Crippen LogP contribution in [-0.2, 0) is 6.54 Å². The fourth-order valence-electron chi connectivity index (χ4n) is 2.58. The molecule has 4 heteroatoms. The number of rotatable bonds is 4. The first kappa shape index (κ1) is 14.0. The number of nitrogens with zero attached hydrogens (tertiary/aromatic N) is 2. The van der Waals surface area contributed by atoms with Crippen LogP contribution in [0.3, 0.4) is 0 Å². The highest BCUT2D eigenvalue weighted by molar-refractivity contribution is 7.09. The second-order valence-corrected chi connectivity index (χ2v) is 6.98. The average Bonchev–Trinajstić information content (AvgIpc) is 2.70. The van der Waals surface area contributed by atoms with Crippen LogP contribution in [-0.4, -0.2) is 34.6 Å². The maximum atomic E-state index is 4.60. The SMILES string of the molecule is CCCC1CN(Cc2csc(C)n2)C(C)(C)CN1. The lowest BCUT2D eigenvalue weighted by Crippen LogP contribution is -2.61. The first-order chi connectivity index (χ1) is 8.51. The van der Waals surface area contributed by atoms with Gasteiger partial charge in [0.05, 0.1) is 10.7 Å². The van der Waals surface area contributed by atoms with Gasteiger partial charge < -0.3 is 5.32 Å². The highest BCUT2D eigenvalue weighted by atomic mass is 32.1. The maximum Gasteiger partial charge on any atom is 0.0897 e. The Bertz CT molecular complexity index is 386. The lowest BCUT2D eigenvalue weighted by Gasteiger charge is -2.46. The van der Waals surface area contributed by atoms with Crippen LogP contribution in [0.25, 0.3) is 0 Å². The molecular formula is C14H25N3S. The number of piperazine rings is 1. The van der Waals surface area contributed by atoms with Crippen LogP contribution >= 0.6 is 11.3 Å². The van der Waals surface area contributed by atoms with Crippen LogP contribution in [0, 0.1) is 6.92 Å². The smallest absolute Gasteiger partial charge is 0.0897 e. The van der Waals surface area contributed by atoms with Crippen molar-refractivity contribution in [1.29, 1.82) is 0 Å². The zero-order chi connectivity index (χ0) is 13.2. The van der Waals surface area contributed by atoms with E-state index in [0.29, 0.717) is 6.04 Å². The van der Waals surface area contributed by atoms with Gasteiger partial charge >= 0.3 is 0 Å². The minimum atomic E-state index is 0.224. The van der Waals surface area contributed by atoms with Crippen molar-refractivity contribution in [3.8, 4) is 0 Å². The zero-order valence-corrected chi connectivity index (χ0v) is 12.8. The van der Waals surface area contributed by atoms with Crippen LogP contribution in [0.4, 0.5) is 0 Å². The molecule has 0 saturated carbocycles. The number of thiazole rings is 1. The molecule has 1 aromatic heterocycles. The summed E-state index contributed by atoms with van der Waals surface area (Å²) in [5, 5.41) is 7.04. The van der Waals surface area contributed by atoms with Gasteiger partial charge in [-0.25, -0.2) is 4.98 Å². The lowest BCUT2D eigenvalue weighted by atomic mass is 9.95. The van der Waals surface area contributed by atoms with Gasteiger partial charge in [0.15, 0.2) is 0 Å². The van der Waals surface area contributed by atoms with Crippen LogP contribution in [0.5, 0.6) is 0 Å². The fraction of sp³-hybridized carbons (Fsp3) is 0.786. The average molecular weight is 267 g/mol. The Hall–Kier alpha value is -0.450. The molecule has 0 spiro atoms. The number of hydrogen-bond donors (Lipinski definition) is 1. The number of aromatic nitrogens is 1. The quantitative estimate of drug-likeness (QED) is 0.909. The summed E-state index contributed by atoms with van der Waals surface area (Å²) in [4.78, 5) is 7.18. The Morgan fingerprint density at radius 3 is 2.94 bits per heavy atom. The monoisotopic (exact) mass is 267 g/mol. The summed E-state index contributed by atoms with van der Waals surface area (Å²) < 4.78 is 0. The molecule has 3 nitrogen and oxygen atoms in total. The molecule has 0 bridgehead atoms. The van der Waals surface area contributed by atoms with E-state index in [2.05, 4.69) is 48.3 Å². The molecule has 2 heterocycles. The van der Waals surface area contributed by atoms with Crippen LogP contribution < -0.4 is 5.32 Å². The normalized spacial score (nSPS) is 24.3. The minimum absolute atomic E-state index is 0.224. The highest BCUT2D eigenvalue weighted by Crippen LogP contribution is 2.23. The second kappa shape index (κ2) is 5.68. The Kier molecular flexibility index (Phi) is 4.41. The molecule has 0 radical (unpaired) electrons. The van der Waals surface area contributed by atoms with E-state index < -0.39 is 0 Å². The van der Waals surface area contributed by atoms with E-state index in [4.69, 9.17) is 0 Å². The molecule has 18 heavy (non-hydrogen) atoms. The molecule has 1 atom stereocenters. The summed E-state index contributed by atoms with van der Waals surface area (Å²) in [6.07, 6.45) is 2.52. The molecule has 0 aromatic carbocycles. The minimum Gasteiger partial charge on any atom is -0.311 e. The third-order valence-corrected chi connectivity index (χ3v) is 4.60. The molecule has 1 unspecified atom stereocenters. The van der Waals surface area contributed by atoms with E-state index in [9.17, 15) is 0 Å². The topological polar surface area (TPSA) is 28.2 Å². The van der Waals surface area contributed by atoms with E-state index >= 15 is 0 Å². The Morgan fingerprint density at radius 2 is 2.33 bits per heavy atom. The molecule has 1 aliphatic rings.